The molecule has 0 aliphatic carbocycles. The van der Waals surface area contributed by atoms with Gasteiger partial charge in [-0.25, -0.2) is 4.98 Å². The number of anilines is 1. The average molecular weight is 316 g/mol. The van der Waals surface area contributed by atoms with Crippen molar-refractivity contribution < 1.29 is 0 Å². The summed E-state index contributed by atoms with van der Waals surface area (Å²) in [5.74, 6) is 2.92. The van der Waals surface area contributed by atoms with E-state index in [1.807, 2.05) is 23.9 Å². The summed E-state index contributed by atoms with van der Waals surface area (Å²) in [5, 5.41) is 4.07. The monoisotopic (exact) mass is 315 g/mol. The highest BCUT2D eigenvalue weighted by Gasteiger charge is 2.05. The van der Waals surface area contributed by atoms with E-state index in [0.29, 0.717) is 0 Å². The molecule has 0 amide bonds. The van der Waals surface area contributed by atoms with E-state index in [1.54, 1.807) is 0 Å². The Morgan fingerprint density at radius 2 is 2.00 bits per heavy atom. The normalized spacial score (nSPS) is 11.1. The molecule has 0 aliphatic heterocycles. The molecule has 5 heteroatoms. The summed E-state index contributed by atoms with van der Waals surface area (Å²) in [4.78, 5) is 7.02. The van der Waals surface area contributed by atoms with Crippen LogP contribution >= 0.6 is 23.4 Å². The molecular formula is C15H26ClN3S. The third-order valence-corrected chi connectivity index (χ3v) is 4.45. The first kappa shape index (κ1) is 17.6. The summed E-state index contributed by atoms with van der Waals surface area (Å²) in [7, 11) is 0. The van der Waals surface area contributed by atoms with Gasteiger partial charge in [0.25, 0.3) is 0 Å². The zero-order chi connectivity index (χ0) is 14.8. The molecule has 3 nitrogen and oxygen atoms in total. The van der Waals surface area contributed by atoms with Crippen molar-refractivity contribution in [3.63, 3.8) is 0 Å². The predicted octanol–water partition coefficient (Wildman–Crippen LogP) is 4.13. The van der Waals surface area contributed by atoms with Gasteiger partial charge in [0.1, 0.15) is 5.82 Å². The third-order valence-electron chi connectivity index (χ3n) is 3.16. The van der Waals surface area contributed by atoms with Gasteiger partial charge in [0.05, 0.1) is 10.7 Å². The molecule has 20 heavy (non-hydrogen) atoms. The zero-order valence-electron chi connectivity index (χ0n) is 12.8. The standard InChI is InChI=1S/C15H26ClN3S/c1-4-9-17-15-8-7-13(16)14(18-15)12-20-11-10-19(5-2)6-3/h7-8H,4-6,9-12H2,1-3H3,(H,17,18). The van der Waals surface area contributed by atoms with Crippen LogP contribution in [0.2, 0.25) is 5.02 Å². The third kappa shape index (κ3) is 6.33. The molecule has 1 aromatic heterocycles. The number of thioether (sulfide) groups is 1. The highest BCUT2D eigenvalue weighted by Crippen LogP contribution is 2.21. The maximum Gasteiger partial charge on any atom is 0.126 e. The Kier molecular flexibility index (Phi) is 9.07. The van der Waals surface area contributed by atoms with E-state index in [4.69, 9.17) is 11.6 Å². The number of nitrogens with one attached hydrogen (secondary N) is 1. The number of hydrogen-bond donors (Lipinski definition) is 1. The van der Waals surface area contributed by atoms with E-state index < -0.39 is 0 Å². The van der Waals surface area contributed by atoms with Gasteiger partial charge in [-0.2, -0.15) is 11.8 Å². The number of pyridine rings is 1. The lowest BCUT2D eigenvalue weighted by molar-refractivity contribution is 0.324. The van der Waals surface area contributed by atoms with Crippen LogP contribution in [-0.2, 0) is 5.75 Å². The Balaban J connectivity index is 2.42. The molecule has 0 aromatic carbocycles. The maximum atomic E-state index is 6.21. The van der Waals surface area contributed by atoms with Crippen LogP contribution in [0.1, 0.15) is 32.9 Å². The van der Waals surface area contributed by atoms with Crippen LogP contribution in [0.25, 0.3) is 0 Å². The number of hydrogen-bond acceptors (Lipinski definition) is 4. The van der Waals surface area contributed by atoms with E-state index in [2.05, 4.69) is 36.0 Å². The first-order chi connectivity index (χ1) is 9.71. The summed E-state index contributed by atoms with van der Waals surface area (Å²) in [5.41, 5.74) is 0.984. The summed E-state index contributed by atoms with van der Waals surface area (Å²) in [6.07, 6.45) is 1.10. The van der Waals surface area contributed by atoms with Crippen molar-refractivity contribution in [1.82, 2.24) is 9.88 Å². The molecular weight excluding hydrogens is 290 g/mol. The molecule has 0 fully saturated rings. The lowest BCUT2D eigenvalue weighted by Gasteiger charge is -2.17. The fraction of sp³-hybridized carbons (Fsp3) is 0.667. The maximum absolute atomic E-state index is 6.21. The van der Waals surface area contributed by atoms with Crippen molar-refractivity contribution in [1.29, 1.82) is 0 Å². The molecule has 1 heterocycles. The molecule has 0 saturated carbocycles. The van der Waals surface area contributed by atoms with E-state index in [0.717, 1.165) is 60.6 Å². The molecule has 0 spiro atoms. The fourth-order valence-electron chi connectivity index (χ4n) is 1.84. The van der Waals surface area contributed by atoms with Crippen molar-refractivity contribution in [3.05, 3.63) is 22.8 Å². The van der Waals surface area contributed by atoms with Gasteiger partial charge in [-0.3, -0.25) is 0 Å². The van der Waals surface area contributed by atoms with Crippen LogP contribution < -0.4 is 5.32 Å². The van der Waals surface area contributed by atoms with Crippen LogP contribution in [-0.4, -0.2) is 41.8 Å². The van der Waals surface area contributed by atoms with Crippen molar-refractivity contribution >= 4 is 29.2 Å². The van der Waals surface area contributed by atoms with Gasteiger partial charge in [-0.05, 0) is 31.6 Å². The van der Waals surface area contributed by atoms with Crippen LogP contribution in [0.3, 0.4) is 0 Å². The van der Waals surface area contributed by atoms with Crippen molar-refractivity contribution in [2.45, 2.75) is 32.9 Å². The second kappa shape index (κ2) is 10.3. The Morgan fingerprint density at radius 1 is 1.25 bits per heavy atom. The fourth-order valence-corrected chi connectivity index (χ4v) is 3.04. The smallest absolute Gasteiger partial charge is 0.126 e. The van der Waals surface area contributed by atoms with Crippen molar-refractivity contribution in [2.75, 3.05) is 37.2 Å². The zero-order valence-corrected chi connectivity index (χ0v) is 14.4. The van der Waals surface area contributed by atoms with E-state index in [1.165, 1.54) is 0 Å². The van der Waals surface area contributed by atoms with Crippen LogP contribution in [0.15, 0.2) is 12.1 Å². The minimum Gasteiger partial charge on any atom is -0.370 e. The first-order valence-electron chi connectivity index (χ1n) is 7.40. The predicted molar refractivity (Wildman–Crippen MR) is 92.0 cm³/mol. The van der Waals surface area contributed by atoms with Gasteiger partial charge in [-0.15, -0.1) is 0 Å². The van der Waals surface area contributed by atoms with E-state index in [-0.39, 0.29) is 0 Å². The lowest BCUT2D eigenvalue weighted by atomic mass is 10.3. The van der Waals surface area contributed by atoms with Crippen molar-refractivity contribution in [2.24, 2.45) is 0 Å². The largest absolute Gasteiger partial charge is 0.370 e. The van der Waals surface area contributed by atoms with Gasteiger partial charge in [0.15, 0.2) is 0 Å². The minimum absolute atomic E-state index is 0.766. The van der Waals surface area contributed by atoms with Crippen LogP contribution in [0, 0.1) is 0 Å². The second-order valence-electron chi connectivity index (χ2n) is 4.63. The number of rotatable bonds is 10. The van der Waals surface area contributed by atoms with Gasteiger partial charge >= 0.3 is 0 Å². The van der Waals surface area contributed by atoms with E-state index >= 15 is 0 Å². The van der Waals surface area contributed by atoms with Crippen molar-refractivity contribution in [3.8, 4) is 0 Å². The summed E-state index contributed by atoms with van der Waals surface area (Å²) >= 11 is 8.11. The molecule has 0 radical (unpaired) electrons. The van der Waals surface area contributed by atoms with E-state index in [9.17, 15) is 0 Å². The molecule has 114 valence electrons. The van der Waals surface area contributed by atoms with Gasteiger partial charge in [0, 0.05) is 24.6 Å². The quantitative estimate of drug-likeness (QED) is 0.657. The van der Waals surface area contributed by atoms with Gasteiger partial charge in [-0.1, -0.05) is 32.4 Å². The Labute approximate surface area is 132 Å². The molecule has 0 atom stereocenters. The minimum atomic E-state index is 0.766. The highest BCUT2D eigenvalue weighted by atomic mass is 35.5. The molecule has 0 aliphatic rings. The molecule has 1 aromatic rings. The Hall–Kier alpha value is -0.450. The second-order valence-corrected chi connectivity index (χ2v) is 6.14. The topological polar surface area (TPSA) is 28.2 Å². The SMILES string of the molecule is CCCNc1ccc(Cl)c(CSCCN(CC)CC)n1. The molecule has 1 N–H and O–H groups in total. The molecule has 0 unspecified atom stereocenters. The Bertz CT molecular complexity index is 383. The molecule has 0 bridgehead atoms. The number of nitrogens with zero attached hydrogens (tertiary/aromatic N) is 2. The summed E-state index contributed by atoms with van der Waals surface area (Å²) < 4.78 is 0. The van der Waals surface area contributed by atoms with Gasteiger partial charge < -0.3 is 10.2 Å². The van der Waals surface area contributed by atoms with Gasteiger partial charge in [0.2, 0.25) is 0 Å². The number of halogens is 1. The van der Waals surface area contributed by atoms with Crippen LogP contribution in [0.5, 0.6) is 0 Å². The average Bonchev–Trinajstić information content (AvgIpc) is 2.47. The summed E-state index contributed by atoms with van der Waals surface area (Å²) in [6, 6.07) is 3.88. The Morgan fingerprint density at radius 3 is 2.65 bits per heavy atom. The highest BCUT2D eigenvalue weighted by molar-refractivity contribution is 7.98. The summed E-state index contributed by atoms with van der Waals surface area (Å²) in [6.45, 7) is 10.9. The molecule has 0 saturated heterocycles. The molecule has 1 rings (SSSR count). The first-order valence-corrected chi connectivity index (χ1v) is 8.93. The van der Waals surface area contributed by atoms with Crippen LogP contribution in [0.4, 0.5) is 5.82 Å². The lowest BCUT2D eigenvalue weighted by Crippen LogP contribution is -2.25. The number of aromatic nitrogens is 1.